The highest BCUT2D eigenvalue weighted by Gasteiger charge is 2.25. The normalized spacial score (nSPS) is 12.6. The predicted molar refractivity (Wildman–Crippen MR) is 112 cm³/mol. The first-order chi connectivity index (χ1) is 13.3. The van der Waals surface area contributed by atoms with Gasteiger partial charge in [-0.1, -0.05) is 13.8 Å². The molecule has 0 aliphatic rings. The Hall–Kier alpha value is -2.39. The van der Waals surface area contributed by atoms with Crippen LogP contribution in [0.1, 0.15) is 38.1 Å². The molecule has 4 N–H and O–H groups in total. The van der Waals surface area contributed by atoms with Crippen LogP contribution >= 0.6 is 12.2 Å². The molecule has 1 rings (SSSR count). The van der Waals surface area contributed by atoms with Crippen LogP contribution in [-0.4, -0.2) is 49.3 Å². The molecule has 1 aromatic carbocycles. The number of carbonyl (C=O) groups excluding carboxylic acids is 2. The van der Waals surface area contributed by atoms with Crippen LogP contribution in [0.3, 0.4) is 0 Å². The van der Waals surface area contributed by atoms with Crippen LogP contribution in [0.5, 0.6) is 5.75 Å². The van der Waals surface area contributed by atoms with Gasteiger partial charge in [0.2, 0.25) is 0 Å². The van der Waals surface area contributed by atoms with Crippen LogP contribution in [0, 0.1) is 5.92 Å². The first-order valence-corrected chi connectivity index (χ1v) is 9.58. The molecule has 0 saturated carbocycles. The van der Waals surface area contributed by atoms with Gasteiger partial charge >= 0.3 is 0 Å². The summed E-state index contributed by atoms with van der Waals surface area (Å²) < 4.78 is 10.4. The molecule has 0 bridgehead atoms. The molecule has 0 aliphatic carbocycles. The van der Waals surface area contributed by atoms with Gasteiger partial charge in [0.05, 0.1) is 13.2 Å². The van der Waals surface area contributed by atoms with Crippen molar-refractivity contribution in [3.8, 4) is 5.75 Å². The summed E-state index contributed by atoms with van der Waals surface area (Å²) in [6.07, 6.45) is 0. The Balaban J connectivity index is 2.62. The molecule has 0 spiro atoms. The average Bonchev–Trinajstić information content (AvgIpc) is 2.64. The van der Waals surface area contributed by atoms with E-state index < -0.39 is 11.9 Å². The molecule has 156 valence electrons. The van der Waals surface area contributed by atoms with Gasteiger partial charge < -0.3 is 20.1 Å². The van der Waals surface area contributed by atoms with E-state index in [0.29, 0.717) is 24.5 Å². The number of rotatable bonds is 9. The minimum Gasteiger partial charge on any atom is -0.494 e. The van der Waals surface area contributed by atoms with Crippen LogP contribution in [0.15, 0.2) is 24.3 Å². The zero-order valence-electron chi connectivity index (χ0n) is 17.0. The number of ether oxygens (including phenoxy) is 2. The maximum absolute atomic E-state index is 12.5. The lowest BCUT2D eigenvalue weighted by molar-refractivity contribution is -0.124. The number of benzene rings is 1. The van der Waals surface area contributed by atoms with Gasteiger partial charge in [0.25, 0.3) is 11.8 Å². The van der Waals surface area contributed by atoms with Crippen LogP contribution in [0.25, 0.3) is 0 Å². The SMILES string of the molecule is CCOc1ccc(C(=O)N[C@H](C(=O)NNC(=S)N[C@@H](C)COC)C(C)C)cc1. The van der Waals surface area contributed by atoms with Crippen molar-refractivity contribution < 1.29 is 19.1 Å². The number of hydrazine groups is 1. The van der Waals surface area contributed by atoms with E-state index in [4.69, 9.17) is 21.7 Å². The van der Waals surface area contributed by atoms with Gasteiger partial charge in [-0.3, -0.25) is 20.4 Å². The summed E-state index contributed by atoms with van der Waals surface area (Å²) in [6.45, 7) is 8.50. The smallest absolute Gasteiger partial charge is 0.261 e. The summed E-state index contributed by atoms with van der Waals surface area (Å²) in [7, 11) is 1.59. The molecule has 9 heteroatoms. The molecule has 2 amide bonds. The molecular formula is C19H30N4O4S. The number of carbonyl (C=O) groups is 2. The van der Waals surface area contributed by atoms with E-state index in [2.05, 4.69) is 21.5 Å². The quantitative estimate of drug-likeness (QED) is 0.360. The van der Waals surface area contributed by atoms with Crippen LogP contribution in [-0.2, 0) is 9.53 Å². The van der Waals surface area contributed by atoms with E-state index >= 15 is 0 Å². The highest BCUT2D eigenvalue weighted by atomic mass is 32.1. The van der Waals surface area contributed by atoms with Crippen molar-refractivity contribution in [3.05, 3.63) is 29.8 Å². The number of hydrogen-bond acceptors (Lipinski definition) is 5. The molecule has 0 radical (unpaired) electrons. The van der Waals surface area contributed by atoms with Gasteiger partial charge in [0, 0.05) is 18.7 Å². The van der Waals surface area contributed by atoms with Crippen molar-refractivity contribution >= 4 is 29.1 Å². The Morgan fingerprint density at radius 3 is 2.25 bits per heavy atom. The van der Waals surface area contributed by atoms with E-state index in [-0.39, 0.29) is 23.0 Å². The van der Waals surface area contributed by atoms with Gasteiger partial charge in [0.15, 0.2) is 5.11 Å². The minimum absolute atomic E-state index is 0.0119. The highest BCUT2D eigenvalue weighted by Crippen LogP contribution is 2.12. The summed E-state index contributed by atoms with van der Waals surface area (Å²) in [6, 6.07) is 6.01. The molecule has 2 atom stereocenters. The van der Waals surface area contributed by atoms with Gasteiger partial charge in [-0.25, -0.2) is 0 Å². The van der Waals surface area contributed by atoms with Crippen LogP contribution < -0.4 is 26.2 Å². The lowest BCUT2D eigenvalue weighted by Gasteiger charge is -2.23. The fourth-order valence-electron chi connectivity index (χ4n) is 2.38. The Bertz CT molecular complexity index is 652. The number of nitrogens with one attached hydrogen (secondary N) is 4. The van der Waals surface area contributed by atoms with Crippen molar-refractivity contribution in [3.63, 3.8) is 0 Å². The Morgan fingerprint density at radius 2 is 1.71 bits per heavy atom. The number of amides is 2. The lowest BCUT2D eigenvalue weighted by Crippen LogP contribution is -2.56. The maximum Gasteiger partial charge on any atom is 0.261 e. The molecule has 1 aromatic rings. The second kappa shape index (κ2) is 12.1. The maximum atomic E-state index is 12.5. The zero-order chi connectivity index (χ0) is 21.1. The summed E-state index contributed by atoms with van der Waals surface area (Å²) in [5.74, 6) is -0.170. The fraction of sp³-hybridized carbons (Fsp3) is 0.526. The Morgan fingerprint density at radius 1 is 1.07 bits per heavy atom. The minimum atomic E-state index is -0.731. The third-order valence-corrected chi connectivity index (χ3v) is 3.98. The predicted octanol–water partition coefficient (Wildman–Crippen LogP) is 1.37. The molecule has 0 aliphatic heterocycles. The largest absolute Gasteiger partial charge is 0.494 e. The van der Waals surface area contributed by atoms with Crippen molar-refractivity contribution in [1.29, 1.82) is 0 Å². The Kier molecular flexibility index (Phi) is 10.3. The standard InChI is InChI=1S/C19H30N4O4S/c1-6-27-15-9-7-14(8-10-15)17(24)21-16(12(2)3)18(25)22-23-19(28)20-13(4)11-26-5/h7-10,12-13,16H,6,11H2,1-5H3,(H,21,24)(H,22,25)(H2,20,23,28)/t13-,16-/m0/s1. The van der Waals surface area contributed by atoms with Gasteiger partial charge in [0.1, 0.15) is 11.8 Å². The fourth-order valence-corrected chi connectivity index (χ4v) is 2.63. The number of hydrogen-bond donors (Lipinski definition) is 4. The van der Waals surface area contributed by atoms with E-state index in [9.17, 15) is 9.59 Å². The molecule has 8 nitrogen and oxygen atoms in total. The number of methoxy groups -OCH3 is 1. The van der Waals surface area contributed by atoms with E-state index in [1.807, 2.05) is 27.7 Å². The molecule has 0 aromatic heterocycles. The van der Waals surface area contributed by atoms with Crippen molar-refractivity contribution in [2.45, 2.75) is 39.8 Å². The molecule has 28 heavy (non-hydrogen) atoms. The van der Waals surface area contributed by atoms with E-state index in [1.165, 1.54) is 0 Å². The first-order valence-electron chi connectivity index (χ1n) is 9.17. The third kappa shape index (κ3) is 8.10. The second-order valence-corrected chi connectivity index (χ2v) is 7.00. The third-order valence-electron chi connectivity index (χ3n) is 3.76. The average molecular weight is 411 g/mol. The van der Waals surface area contributed by atoms with Gasteiger partial charge in [-0.2, -0.15) is 0 Å². The summed E-state index contributed by atoms with van der Waals surface area (Å²) in [5, 5.41) is 5.98. The Labute approximate surface area is 171 Å². The van der Waals surface area contributed by atoms with Crippen molar-refractivity contribution in [2.24, 2.45) is 5.92 Å². The van der Waals surface area contributed by atoms with Crippen LogP contribution in [0.4, 0.5) is 0 Å². The lowest BCUT2D eigenvalue weighted by atomic mass is 10.0. The van der Waals surface area contributed by atoms with Crippen molar-refractivity contribution in [2.75, 3.05) is 20.3 Å². The van der Waals surface area contributed by atoms with Gasteiger partial charge in [-0.15, -0.1) is 0 Å². The molecule has 0 unspecified atom stereocenters. The van der Waals surface area contributed by atoms with Crippen LogP contribution in [0.2, 0.25) is 0 Å². The van der Waals surface area contributed by atoms with Crippen molar-refractivity contribution in [1.82, 2.24) is 21.5 Å². The molecule has 0 saturated heterocycles. The second-order valence-electron chi connectivity index (χ2n) is 6.60. The topological polar surface area (TPSA) is 101 Å². The monoisotopic (exact) mass is 410 g/mol. The molecule has 0 heterocycles. The first kappa shape index (κ1) is 23.6. The van der Waals surface area contributed by atoms with E-state index in [0.717, 1.165) is 0 Å². The molecule has 0 fully saturated rings. The molecular weight excluding hydrogens is 380 g/mol. The number of thiocarbonyl (C=S) groups is 1. The van der Waals surface area contributed by atoms with E-state index in [1.54, 1.807) is 31.4 Å². The highest BCUT2D eigenvalue weighted by molar-refractivity contribution is 7.80. The zero-order valence-corrected chi connectivity index (χ0v) is 17.8. The summed E-state index contributed by atoms with van der Waals surface area (Å²) in [5.41, 5.74) is 5.61. The van der Waals surface area contributed by atoms with Gasteiger partial charge in [-0.05, 0) is 56.2 Å². The summed E-state index contributed by atoms with van der Waals surface area (Å²) in [4.78, 5) is 25.0. The summed E-state index contributed by atoms with van der Waals surface area (Å²) >= 11 is 5.12.